The fraction of sp³-hybridized carbons (Fsp3) is 0.385. The van der Waals surface area contributed by atoms with E-state index >= 15 is 0 Å². The van der Waals surface area contributed by atoms with Gasteiger partial charge in [-0.2, -0.15) is 0 Å². The van der Waals surface area contributed by atoms with Crippen LogP contribution in [-0.2, 0) is 0 Å². The van der Waals surface area contributed by atoms with Crippen molar-refractivity contribution in [1.29, 1.82) is 0 Å². The number of benzene rings is 1. The molecule has 0 aliphatic carbocycles. The van der Waals surface area contributed by atoms with Crippen molar-refractivity contribution < 1.29 is 9.66 Å². The van der Waals surface area contributed by atoms with Crippen LogP contribution in [0.4, 0.5) is 5.69 Å². The van der Waals surface area contributed by atoms with E-state index in [9.17, 15) is 10.1 Å². The van der Waals surface area contributed by atoms with Crippen LogP contribution in [0.25, 0.3) is 0 Å². The van der Waals surface area contributed by atoms with Gasteiger partial charge in [-0.25, -0.2) is 0 Å². The molecule has 0 bridgehead atoms. The molecular weight excluding hydrogens is 268 g/mol. The standard InChI is InChI=1S/C13H17ClN2O3/c1-9(2)15-7-10(3)8-19-13-6-11(14)4-5-12(13)16(17)18/h4-6,9,15H,3,7-8H2,1-2H3. The smallest absolute Gasteiger partial charge is 0.311 e. The number of ether oxygens (including phenoxy) is 1. The van der Waals surface area contributed by atoms with Gasteiger partial charge in [0.05, 0.1) is 4.92 Å². The van der Waals surface area contributed by atoms with E-state index in [-0.39, 0.29) is 18.0 Å². The van der Waals surface area contributed by atoms with Crippen molar-refractivity contribution in [3.8, 4) is 5.75 Å². The maximum atomic E-state index is 10.8. The molecule has 19 heavy (non-hydrogen) atoms. The van der Waals surface area contributed by atoms with Gasteiger partial charge < -0.3 is 10.1 Å². The molecular formula is C13H17ClN2O3. The SMILES string of the molecule is C=C(CNC(C)C)COc1cc(Cl)ccc1[N+](=O)[O-]. The van der Waals surface area contributed by atoms with Crippen LogP contribution < -0.4 is 10.1 Å². The van der Waals surface area contributed by atoms with Gasteiger partial charge in [0.15, 0.2) is 5.75 Å². The first-order valence-corrected chi connectivity index (χ1v) is 6.24. The van der Waals surface area contributed by atoms with Crippen LogP contribution in [0.2, 0.25) is 5.02 Å². The number of nitro groups is 1. The van der Waals surface area contributed by atoms with E-state index in [1.54, 1.807) is 0 Å². The van der Waals surface area contributed by atoms with Gasteiger partial charge in [0, 0.05) is 29.7 Å². The van der Waals surface area contributed by atoms with Gasteiger partial charge in [0.2, 0.25) is 0 Å². The summed E-state index contributed by atoms with van der Waals surface area (Å²) in [5.74, 6) is 0.156. The maximum absolute atomic E-state index is 10.8. The molecule has 1 N–H and O–H groups in total. The molecule has 6 heteroatoms. The van der Waals surface area contributed by atoms with Crippen molar-refractivity contribution in [2.45, 2.75) is 19.9 Å². The highest BCUT2D eigenvalue weighted by Gasteiger charge is 2.15. The Kier molecular flexibility index (Phi) is 5.79. The lowest BCUT2D eigenvalue weighted by Crippen LogP contribution is -2.26. The molecule has 0 fully saturated rings. The van der Waals surface area contributed by atoms with Crippen LogP contribution in [-0.4, -0.2) is 24.1 Å². The summed E-state index contributed by atoms with van der Waals surface area (Å²) < 4.78 is 5.41. The predicted molar refractivity (Wildman–Crippen MR) is 75.9 cm³/mol. The van der Waals surface area contributed by atoms with Crippen molar-refractivity contribution in [2.75, 3.05) is 13.2 Å². The summed E-state index contributed by atoms with van der Waals surface area (Å²) in [4.78, 5) is 10.3. The van der Waals surface area contributed by atoms with Crippen molar-refractivity contribution in [2.24, 2.45) is 0 Å². The number of hydrogen-bond donors (Lipinski definition) is 1. The molecule has 1 rings (SSSR count). The number of hydrogen-bond acceptors (Lipinski definition) is 4. The Morgan fingerprint density at radius 1 is 1.58 bits per heavy atom. The molecule has 1 aromatic carbocycles. The Labute approximate surface area is 117 Å². The number of nitro benzene ring substituents is 1. The number of rotatable bonds is 7. The van der Waals surface area contributed by atoms with Crippen molar-refractivity contribution in [3.05, 3.63) is 45.5 Å². The van der Waals surface area contributed by atoms with Crippen molar-refractivity contribution in [1.82, 2.24) is 5.32 Å². The van der Waals surface area contributed by atoms with E-state index in [0.717, 1.165) is 5.57 Å². The molecule has 0 amide bonds. The summed E-state index contributed by atoms with van der Waals surface area (Å²) in [6.45, 7) is 8.71. The van der Waals surface area contributed by atoms with E-state index in [4.69, 9.17) is 16.3 Å². The zero-order chi connectivity index (χ0) is 14.4. The quantitative estimate of drug-likeness (QED) is 0.474. The van der Waals surface area contributed by atoms with Gasteiger partial charge in [0.1, 0.15) is 6.61 Å². The van der Waals surface area contributed by atoms with Crippen molar-refractivity contribution >= 4 is 17.3 Å². The molecule has 104 valence electrons. The number of nitrogens with one attached hydrogen (secondary N) is 1. The maximum Gasteiger partial charge on any atom is 0.311 e. The first kappa shape index (κ1) is 15.5. The summed E-state index contributed by atoms with van der Waals surface area (Å²) in [7, 11) is 0. The first-order chi connectivity index (χ1) is 8.90. The van der Waals surface area contributed by atoms with Crippen LogP contribution in [0.5, 0.6) is 5.75 Å². The normalized spacial score (nSPS) is 10.5. The molecule has 0 spiro atoms. The highest BCUT2D eigenvalue weighted by molar-refractivity contribution is 6.30. The average molecular weight is 285 g/mol. The largest absolute Gasteiger partial charge is 0.482 e. The number of halogens is 1. The molecule has 0 radical (unpaired) electrons. The fourth-order valence-electron chi connectivity index (χ4n) is 1.33. The van der Waals surface area contributed by atoms with Gasteiger partial charge >= 0.3 is 5.69 Å². The Hall–Kier alpha value is -1.59. The summed E-state index contributed by atoms with van der Waals surface area (Å²) in [6.07, 6.45) is 0. The predicted octanol–water partition coefficient (Wildman–Crippen LogP) is 3.18. The van der Waals surface area contributed by atoms with Crippen LogP contribution in [0, 0.1) is 10.1 Å². The summed E-state index contributed by atoms with van der Waals surface area (Å²) in [5.41, 5.74) is 0.706. The molecule has 0 heterocycles. The minimum absolute atomic E-state index is 0.103. The molecule has 5 nitrogen and oxygen atoms in total. The van der Waals surface area contributed by atoms with Crippen molar-refractivity contribution in [3.63, 3.8) is 0 Å². The molecule has 1 aromatic rings. The van der Waals surface area contributed by atoms with E-state index in [1.807, 2.05) is 13.8 Å². The molecule has 0 aliphatic rings. The zero-order valence-corrected chi connectivity index (χ0v) is 11.7. The highest BCUT2D eigenvalue weighted by atomic mass is 35.5. The monoisotopic (exact) mass is 284 g/mol. The second-order valence-corrected chi connectivity index (χ2v) is 4.88. The summed E-state index contributed by atoms with van der Waals surface area (Å²) in [6, 6.07) is 4.56. The van der Waals surface area contributed by atoms with E-state index in [2.05, 4.69) is 11.9 Å². The van der Waals surface area contributed by atoms with Gasteiger partial charge in [-0.05, 0) is 11.6 Å². The molecule has 0 unspecified atom stereocenters. The lowest BCUT2D eigenvalue weighted by atomic mass is 10.2. The van der Waals surface area contributed by atoms with Crippen LogP contribution >= 0.6 is 11.6 Å². The molecule has 0 saturated heterocycles. The van der Waals surface area contributed by atoms with E-state index in [0.29, 0.717) is 17.6 Å². The molecule has 0 aliphatic heterocycles. The van der Waals surface area contributed by atoms with E-state index in [1.165, 1.54) is 18.2 Å². The zero-order valence-electron chi connectivity index (χ0n) is 11.0. The van der Waals surface area contributed by atoms with E-state index < -0.39 is 4.92 Å². The molecule has 0 atom stereocenters. The van der Waals surface area contributed by atoms with Gasteiger partial charge in [-0.1, -0.05) is 32.0 Å². The third-order valence-electron chi connectivity index (χ3n) is 2.31. The fourth-order valence-corrected chi connectivity index (χ4v) is 1.50. The average Bonchev–Trinajstić information content (AvgIpc) is 2.33. The third-order valence-corrected chi connectivity index (χ3v) is 2.55. The van der Waals surface area contributed by atoms with Crippen LogP contribution in [0.3, 0.4) is 0 Å². The topological polar surface area (TPSA) is 64.4 Å². The number of nitrogens with zero attached hydrogens (tertiary/aromatic N) is 1. The Morgan fingerprint density at radius 3 is 2.84 bits per heavy atom. The second kappa shape index (κ2) is 7.11. The van der Waals surface area contributed by atoms with Crippen LogP contribution in [0.15, 0.2) is 30.4 Å². The van der Waals surface area contributed by atoms with Gasteiger partial charge in [-0.3, -0.25) is 10.1 Å². The Bertz CT molecular complexity index is 475. The third kappa shape index (κ3) is 5.28. The Balaban J connectivity index is 2.64. The minimum Gasteiger partial charge on any atom is -0.482 e. The van der Waals surface area contributed by atoms with Gasteiger partial charge in [0.25, 0.3) is 0 Å². The molecule has 0 aromatic heterocycles. The lowest BCUT2D eigenvalue weighted by molar-refractivity contribution is -0.385. The minimum atomic E-state index is -0.499. The highest BCUT2D eigenvalue weighted by Crippen LogP contribution is 2.30. The Morgan fingerprint density at radius 2 is 2.26 bits per heavy atom. The molecule has 0 saturated carbocycles. The second-order valence-electron chi connectivity index (χ2n) is 4.44. The first-order valence-electron chi connectivity index (χ1n) is 5.87. The summed E-state index contributed by atoms with van der Waals surface area (Å²) >= 11 is 5.80. The lowest BCUT2D eigenvalue weighted by Gasteiger charge is -2.12. The van der Waals surface area contributed by atoms with Crippen LogP contribution in [0.1, 0.15) is 13.8 Å². The summed E-state index contributed by atoms with van der Waals surface area (Å²) in [5, 5.41) is 14.4. The van der Waals surface area contributed by atoms with Gasteiger partial charge in [-0.15, -0.1) is 0 Å².